The number of halogens is 1. The number of carbonyl (C=O) groups excluding carboxylic acids is 1. The first-order chi connectivity index (χ1) is 10.1. The molecule has 0 spiro atoms. The molecule has 0 unspecified atom stereocenters. The molecule has 0 radical (unpaired) electrons. The van der Waals surface area contributed by atoms with Crippen LogP contribution in [-0.4, -0.2) is 5.91 Å². The van der Waals surface area contributed by atoms with Crippen molar-refractivity contribution in [1.29, 1.82) is 5.26 Å². The summed E-state index contributed by atoms with van der Waals surface area (Å²) in [4.78, 5) is 11.0. The first-order valence-corrected chi connectivity index (χ1v) is 6.41. The van der Waals surface area contributed by atoms with Crippen molar-refractivity contribution in [2.75, 3.05) is 0 Å². The van der Waals surface area contributed by atoms with E-state index in [2.05, 4.69) is 0 Å². The Balaban J connectivity index is 2.16. The van der Waals surface area contributed by atoms with Crippen LogP contribution >= 0.6 is 11.6 Å². The fourth-order valence-corrected chi connectivity index (χ4v) is 1.80. The van der Waals surface area contributed by atoms with E-state index in [1.807, 2.05) is 0 Å². The molecule has 2 aromatic rings. The molecule has 0 aliphatic carbocycles. The minimum Gasteiger partial charge on any atom is -0.457 e. The second kappa shape index (κ2) is 6.60. The molecule has 0 heterocycles. The third-order valence-electron chi connectivity index (χ3n) is 2.61. The lowest BCUT2D eigenvalue weighted by Crippen LogP contribution is -2.12. The van der Waals surface area contributed by atoms with Gasteiger partial charge in [-0.05, 0) is 42.0 Å². The topological polar surface area (TPSA) is 76.1 Å². The van der Waals surface area contributed by atoms with Crippen molar-refractivity contribution in [3.8, 4) is 17.6 Å². The van der Waals surface area contributed by atoms with E-state index in [4.69, 9.17) is 27.3 Å². The summed E-state index contributed by atoms with van der Waals surface area (Å²) in [6, 6.07) is 15.7. The average molecular weight is 299 g/mol. The first-order valence-electron chi connectivity index (χ1n) is 6.03. The first kappa shape index (κ1) is 14.6. The van der Waals surface area contributed by atoms with E-state index in [0.29, 0.717) is 22.1 Å². The van der Waals surface area contributed by atoms with Gasteiger partial charge in [-0.2, -0.15) is 5.26 Å². The van der Waals surface area contributed by atoms with Crippen LogP contribution < -0.4 is 10.5 Å². The maximum atomic E-state index is 11.0. The van der Waals surface area contributed by atoms with Gasteiger partial charge in [-0.3, -0.25) is 4.79 Å². The lowest BCUT2D eigenvalue weighted by Gasteiger charge is -2.06. The van der Waals surface area contributed by atoms with Crippen molar-refractivity contribution >= 4 is 23.6 Å². The van der Waals surface area contributed by atoms with Crippen LogP contribution in [-0.2, 0) is 4.79 Å². The zero-order chi connectivity index (χ0) is 15.2. The predicted molar refractivity (Wildman–Crippen MR) is 80.8 cm³/mol. The number of primary amides is 1. The van der Waals surface area contributed by atoms with Crippen LogP contribution in [0, 0.1) is 11.3 Å². The van der Waals surface area contributed by atoms with E-state index in [9.17, 15) is 4.79 Å². The number of rotatable bonds is 4. The fourth-order valence-electron chi connectivity index (χ4n) is 1.62. The molecular weight excluding hydrogens is 288 g/mol. The molecule has 2 rings (SSSR count). The molecular formula is C16H11ClN2O2. The smallest absolute Gasteiger partial charge is 0.259 e. The molecule has 0 bridgehead atoms. The molecule has 4 nitrogen and oxygen atoms in total. The van der Waals surface area contributed by atoms with Crippen molar-refractivity contribution in [2.24, 2.45) is 5.73 Å². The van der Waals surface area contributed by atoms with E-state index < -0.39 is 5.91 Å². The minimum absolute atomic E-state index is 0.0986. The molecule has 0 saturated carbocycles. The molecule has 0 aliphatic rings. The number of nitriles is 1. The Bertz CT molecular complexity index is 731. The van der Waals surface area contributed by atoms with Gasteiger partial charge >= 0.3 is 0 Å². The highest BCUT2D eigenvalue weighted by molar-refractivity contribution is 6.30. The number of amides is 1. The maximum Gasteiger partial charge on any atom is 0.259 e. The van der Waals surface area contributed by atoms with Crippen LogP contribution in [0.25, 0.3) is 6.08 Å². The molecule has 1 amide bonds. The quantitative estimate of drug-likeness (QED) is 0.693. The molecule has 0 saturated heterocycles. The molecule has 0 aromatic heterocycles. The highest BCUT2D eigenvalue weighted by atomic mass is 35.5. The van der Waals surface area contributed by atoms with Gasteiger partial charge in [0.15, 0.2) is 0 Å². The number of nitrogens with zero attached hydrogens (tertiary/aromatic N) is 1. The summed E-state index contributed by atoms with van der Waals surface area (Å²) in [5, 5.41) is 9.37. The summed E-state index contributed by atoms with van der Waals surface area (Å²) in [5.41, 5.74) is 5.66. The lowest BCUT2D eigenvalue weighted by atomic mass is 10.1. The third kappa shape index (κ3) is 4.10. The van der Waals surface area contributed by atoms with Gasteiger partial charge in [0.2, 0.25) is 0 Å². The van der Waals surface area contributed by atoms with E-state index in [0.717, 1.165) is 0 Å². The van der Waals surface area contributed by atoms with E-state index in [1.165, 1.54) is 6.08 Å². The van der Waals surface area contributed by atoms with Crippen molar-refractivity contribution in [3.63, 3.8) is 0 Å². The van der Waals surface area contributed by atoms with Crippen molar-refractivity contribution in [2.45, 2.75) is 0 Å². The number of hydrogen-bond acceptors (Lipinski definition) is 3. The SMILES string of the molecule is N#C/C(=C/c1ccc(Oc2cccc(Cl)c2)cc1)C(N)=O. The number of hydrogen-bond donors (Lipinski definition) is 1. The van der Waals surface area contributed by atoms with Crippen molar-refractivity contribution < 1.29 is 9.53 Å². The summed E-state index contributed by atoms with van der Waals surface area (Å²) in [7, 11) is 0. The molecule has 21 heavy (non-hydrogen) atoms. The highest BCUT2D eigenvalue weighted by Gasteiger charge is 2.03. The van der Waals surface area contributed by atoms with Crippen molar-refractivity contribution in [1.82, 2.24) is 0 Å². The van der Waals surface area contributed by atoms with Gasteiger partial charge in [-0.15, -0.1) is 0 Å². The Kier molecular flexibility index (Phi) is 4.60. The van der Waals surface area contributed by atoms with E-state index in [-0.39, 0.29) is 5.57 Å². The van der Waals surface area contributed by atoms with E-state index in [1.54, 1.807) is 54.6 Å². The summed E-state index contributed by atoms with van der Waals surface area (Å²) in [6.07, 6.45) is 1.42. The van der Waals surface area contributed by atoms with E-state index >= 15 is 0 Å². The monoisotopic (exact) mass is 298 g/mol. The molecule has 0 fully saturated rings. The standard InChI is InChI=1S/C16H11ClN2O2/c17-13-2-1-3-15(9-13)21-14-6-4-11(5-7-14)8-12(10-18)16(19)20/h1-9H,(H2,19,20)/b12-8-. The van der Waals surface area contributed by atoms with Gasteiger partial charge in [0.25, 0.3) is 5.91 Å². The summed E-state index contributed by atoms with van der Waals surface area (Å²) < 4.78 is 5.63. The zero-order valence-corrected chi connectivity index (χ0v) is 11.7. The molecule has 2 aromatic carbocycles. The fraction of sp³-hybridized carbons (Fsp3) is 0. The largest absolute Gasteiger partial charge is 0.457 e. The summed E-state index contributed by atoms with van der Waals surface area (Å²) >= 11 is 5.88. The van der Waals surface area contributed by atoms with Crippen LogP contribution in [0.2, 0.25) is 5.02 Å². The number of benzene rings is 2. The Labute approximate surface area is 127 Å². The van der Waals surface area contributed by atoms with Gasteiger partial charge in [-0.1, -0.05) is 29.8 Å². The third-order valence-corrected chi connectivity index (χ3v) is 2.84. The van der Waals surface area contributed by atoms with Gasteiger partial charge < -0.3 is 10.5 Å². The maximum absolute atomic E-state index is 11.0. The molecule has 5 heteroatoms. The summed E-state index contributed by atoms with van der Waals surface area (Å²) in [6.45, 7) is 0. The van der Waals surface area contributed by atoms with Gasteiger partial charge in [0, 0.05) is 5.02 Å². The van der Waals surface area contributed by atoms with Gasteiger partial charge in [-0.25, -0.2) is 0 Å². The average Bonchev–Trinajstić information content (AvgIpc) is 2.46. The van der Waals surface area contributed by atoms with Crippen LogP contribution in [0.15, 0.2) is 54.1 Å². The lowest BCUT2D eigenvalue weighted by molar-refractivity contribution is -0.114. The highest BCUT2D eigenvalue weighted by Crippen LogP contribution is 2.24. The van der Waals surface area contributed by atoms with Gasteiger partial charge in [0.05, 0.1) is 0 Å². The molecule has 104 valence electrons. The molecule has 0 aliphatic heterocycles. The second-order valence-electron chi connectivity index (χ2n) is 4.16. The Morgan fingerprint density at radius 3 is 2.48 bits per heavy atom. The van der Waals surface area contributed by atoms with Crippen molar-refractivity contribution in [3.05, 3.63) is 64.7 Å². The number of carbonyl (C=O) groups is 1. The zero-order valence-electron chi connectivity index (χ0n) is 10.9. The van der Waals surface area contributed by atoms with Crippen LogP contribution in [0.4, 0.5) is 0 Å². The second-order valence-corrected chi connectivity index (χ2v) is 4.60. The predicted octanol–water partition coefficient (Wildman–Crippen LogP) is 3.52. The minimum atomic E-state index is -0.753. The normalized spacial score (nSPS) is 10.8. The number of nitrogens with two attached hydrogens (primary N) is 1. The van der Waals surface area contributed by atoms with Gasteiger partial charge in [0.1, 0.15) is 23.1 Å². The summed E-state index contributed by atoms with van der Waals surface area (Å²) in [5.74, 6) is 0.490. The Hall–Kier alpha value is -2.77. The Morgan fingerprint density at radius 2 is 1.90 bits per heavy atom. The Morgan fingerprint density at radius 1 is 1.19 bits per heavy atom. The van der Waals surface area contributed by atoms with Crippen LogP contribution in [0.1, 0.15) is 5.56 Å². The molecule has 2 N–H and O–H groups in total. The van der Waals surface area contributed by atoms with Crippen LogP contribution in [0.3, 0.4) is 0 Å². The molecule has 0 atom stereocenters. The van der Waals surface area contributed by atoms with Crippen LogP contribution in [0.5, 0.6) is 11.5 Å². The number of ether oxygens (including phenoxy) is 1.